The molecule has 1 aromatic carbocycles. The maximum Gasteiger partial charge on any atom is 0.263 e. The van der Waals surface area contributed by atoms with Gasteiger partial charge >= 0.3 is 0 Å². The Balaban J connectivity index is 1.13. The summed E-state index contributed by atoms with van der Waals surface area (Å²) in [6.45, 7) is 12.2. The van der Waals surface area contributed by atoms with Crippen LogP contribution >= 0.6 is 0 Å². The second-order valence-corrected chi connectivity index (χ2v) is 10.8. The lowest BCUT2D eigenvalue weighted by Gasteiger charge is -2.36. The van der Waals surface area contributed by atoms with Crippen molar-refractivity contribution in [3.05, 3.63) is 46.9 Å². The third-order valence-corrected chi connectivity index (χ3v) is 7.46. The van der Waals surface area contributed by atoms with Gasteiger partial charge in [-0.15, -0.1) is 0 Å². The topological polar surface area (TPSA) is 87.4 Å². The van der Waals surface area contributed by atoms with Crippen LogP contribution in [0.2, 0.25) is 0 Å². The lowest BCUT2D eigenvalue weighted by molar-refractivity contribution is -0.121. The van der Waals surface area contributed by atoms with E-state index in [-0.39, 0.29) is 5.91 Å². The molecule has 0 bridgehead atoms. The Morgan fingerprint density at radius 1 is 1.14 bits per heavy atom. The fourth-order valence-electron chi connectivity index (χ4n) is 5.78. The number of hydrogen-bond acceptors (Lipinski definition) is 7. The van der Waals surface area contributed by atoms with Crippen LogP contribution in [0.3, 0.4) is 0 Å². The highest BCUT2D eigenvalue weighted by atomic mass is 16.5. The number of anilines is 1. The van der Waals surface area contributed by atoms with E-state index in [1.54, 1.807) is 0 Å². The van der Waals surface area contributed by atoms with Crippen molar-refractivity contribution >= 4 is 22.8 Å². The van der Waals surface area contributed by atoms with Gasteiger partial charge in [-0.25, -0.2) is 4.98 Å². The van der Waals surface area contributed by atoms with Crippen LogP contribution in [0, 0.1) is 18.8 Å². The predicted octanol–water partition coefficient (Wildman–Crippen LogP) is 3.91. The first kappa shape index (κ1) is 24.7. The van der Waals surface area contributed by atoms with Crippen molar-refractivity contribution < 1.29 is 9.32 Å². The number of rotatable bonds is 8. The van der Waals surface area contributed by atoms with Gasteiger partial charge in [0.1, 0.15) is 17.0 Å². The van der Waals surface area contributed by atoms with Crippen LogP contribution in [0.15, 0.2) is 28.8 Å². The second kappa shape index (κ2) is 10.9. The molecule has 0 spiro atoms. The monoisotopic (exact) mass is 490 g/mol. The molecule has 0 radical (unpaired) electrons. The Hall–Kier alpha value is -3.00. The van der Waals surface area contributed by atoms with Crippen LogP contribution in [-0.2, 0) is 24.2 Å². The van der Waals surface area contributed by atoms with Gasteiger partial charge in [0, 0.05) is 52.1 Å². The van der Waals surface area contributed by atoms with Crippen molar-refractivity contribution in [1.29, 1.82) is 0 Å². The van der Waals surface area contributed by atoms with Gasteiger partial charge in [-0.2, -0.15) is 4.98 Å². The zero-order chi connectivity index (χ0) is 25.1. The number of aromatic nitrogens is 3. The summed E-state index contributed by atoms with van der Waals surface area (Å²) in [7, 11) is 0. The van der Waals surface area contributed by atoms with Crippen LogP contribution in [0.25, 0.3) is 11.1 Å². The van der Waals surface area contributed by atoms with Crippen molar-refractivity contribution in [3.63, 3.8) is 0 Å². The van der Waals surface area contributed by atoms with Gasteiger partial charge < -0.3 is 14.7 Å². The number of nitrogens with one attached hydrogen (secondary N) is 1. The van der Waals surface area contributed by atoms with Crippen molar-refractivity contribution in [3.8, 4) is 0 Å². The van der Waals surface area contributed by atoms with E-state index in [1.165, 1.54) is 17.5 Å². The summed E-state index contributed by atoms with van der Waals surface area (Å²) in [6, 6.07) is 8.69. The minimum Gasteiger partial charge on any atom is -0.356 e. The molecule has 2 aliphatic heterocycles. The van der Waals surface area contributed by atoms with Gasteiger partial charge in [0.2, 0.25) is 5.91 Å². The smallest absolute Gasteiger partial charge is 0.263 e. The summed E-state index contributed by atoms with van der Waals surface area (Å²) in [5, 5.41) is 8.11. The first-order valence-corrected chi connectivity index (χ1v) is 13.4. The molecular formula is C28H38N6O2. The largest absolute Gasteiger partial charge is 0.356 e. The molecular weight excluding hydrogens is 452 g/mol. The fraction of sp³-hybridized carbons (Fsp3) is 0.571. The van der Waals surface area contributed by atoms with Gasteiger partial charge in [-0.1, -0.05) is 43.3 Å². The van der Waals surface area contributed by atoms with Crippen LogP contribution in [0.5, 0.6) is 0 Å². The van der Waals surface area contributed by atoms with Crippen molar-refractivity contribution in [1.82, 2.24) is 25.3 Å². The van der Waals surface area contributed by atoms with Gasteiger partial charge in [0.25, 0.3) is 5.71 Å². The van der Waals surface area contributed by atoms with Crippen molar-refractivity contribution in [2.45, 2.75) is 59.4 Å². The summed E-state index contributed by atoms with van der Waals surface area (Å²) in [4.78, 5) is 26.8. The van der Waals surface area contributed by atoms with Crippen LogP contribution in [0.1, 0.15) is 55.8 Å². The molecule has 0 aliphatic carbocycles. The Bertz CT molecular complexity index is 1200. The molecule has 192 valence electrons. The third kappa shape index (κ3) is 5.69. The Morgan fingerprint density at radius 2 is 1.92 bits per heavy atom. The van der Waals surface area contributed by atoms with E-state index < -0.39 is 0 Å². The summed E-state index contributed by atoms with van der Waals surface area (Å²) >= 11 is 0. The standard InChI is InChI=1S/C28H38N6O2/c1-19-15-20(2)17-34(16-19)27-26-21(3)32-36-28(26)31-24(30-27)9-10-25(35)29-12-6-13-33-14-11-22-7-4-5-8-23(22)18-33/h4-5,7-8,19-20H,6,9-18H2,1-3H3,(H,29,35)/t19-,20-/m1/s1. The number of aryl methyl sites for hydroxylation is 2. The minimum atomic E-state index is 0.0400. The molecule has 0 saturated carbocycles. The van der Waals surface area contributed by atoms with Gasteiger partial charge in [-0.3, -0.25) is 9.69 Å². The maximum absolute atomic E-state index is 12.5. The predicted molar refractivity (Wildman–Crippen MR) is 141 cm³/mol. The van der Waals surface area contributed by atoms with Gasteiger partial charge in [0.05, 0.1) is 5.69 Å². The van der Waals surface area contributed by atoms with E-state index >= 15 is 0 Å². The lowest BCUT2D eigenvalue weighted by Crippen LogP contribution is -2.39. The number of carbonyl (C=O) groups is 1. The molecule has 4 heterocycles. The first-order chi connectivity index (χ1) is 17.5. The van der Waals surface area contributed by atoms with E-state index in [4.69, 9.17) is 9.51 Å². The number of fused-ring (bicyclic) bond motifs is 2. The van der Waals surface area contributed by atoms with Crippen LogP contribution in [-0.4, -0.2) is 58.7 Å². The quantitative estimate of drug-likeness (QED) is 0.479. The second-order valence-electron chi connectivity index (χ2n) is 10.8. The SMILES string of the molecule is Cc1noc2nc(CCC(=O)NCCCN3CCc4ccccc4C3)nc(N3C[C@H](C)C[C@@H](C)C3)c12. The number of carbonyl (C=O) groups excluding carboxylic acids is 1. The van der Waals surface area contributed by atoms with E-state index in [0.717, 1.165) is 62.5 Å². The highest BCUT2D eigenvalue weighted by Gasteiger charge is 2.27. The molecule has 2 aliphatic rings. The third-order valence-electron chi connectivity index (χ3n) is 7.46. The zero-order valence-electron chi connectivity index (χ0n) is 21.8. The van der Waals surface area contributed by atoms with E-state index in [9.17, 15) is 4.79 Å². The number of amides is 1. The molecule has 1 amide bonds. The lowest BCUT2D eigenvalue weighted by atomic mass is 9.92. The summed E-state index contributed by atoms with van der Waals surface area (Å²) < 4.78 is 5.51. The highest BCUT2D eigenvalue weighted by molar-refractivity contribution is 5.88. The van der Waals surface area contributed by atoms with E-state index in [0.29, 0.717) is 42.8 Å². The molecule has 2 atom stereocenters. The van der Waals surface area contributed by atoms with Gasteiger partial charge in [0.15, 0.2) is 0 Å². The fourth-order valence-corrected chi connectivity index (χ4v) is 5.78. The molecule has 36 heavy (non-hydrogen) atoms. The zero-order valence-corrected chi connectivity index (χ0v) is 21.8. The highest BCUT2D eigenvalue weighted by Crippen LogP contribution is 2.32. The van der Waals surface area contributed by atoms with E-state index in [2.05, 4.69) is 63.4 Å². The summed E-state index contributed by atoms with van der Waals surface area (Å²) in [6.07, 6.45) is 4.13. The first-order valence-electron chi connectivity index (χ1n) is 13.4. The molecule has 3 aromatic rings. The normalized spacial score (nSPS) is 20.5. The summed E-state index contributed by atoms with van der Waals surface area (Å²) in [5.74, 6) is 2.79. The molecule has 8 heteroatoms. The molecule has 5 rings (SSSR count). The molecule has 2 aromatic heterocycles. The molecule has 1 saturated heterocycles. The van der Waals surface area contributed by atoms with Crippen LogP contribution in [0.4, 0.5) is 5.82 Å². The number of benzene rings is 1. The minimum absolute atomic E-state index is 0.0400. The average Bonchev–Trinajstić information content (AvgIpc) is 3.24. The Morgan fingerprint density at radius 3 is 2.72 bits per heavy atom. The Kier molecular flexibility index (Phi) is 7.51. The number of piperidine rings is 1. The summed E-state index contributed by atoms with van der Waals surface area (Å²) in [5.41, 5.74) is 4.23. The van der Waals surface area contributed by atoms with Crippen molar-refractivity contribution in [2.24, 2.45) is 11.8 Å². The maximum atomic E-state index is 12.5. The van der Waals surface area contributed by atoms with Crippen LogP contribution < -0.4 is 10.2 Å². The number of hydrogen-bond donors (Lipinski definition) is 1. The number of nitrogens with zero attached hydrogens (tertiary/aromatic N) is 5. The van der Waals surface area contributed by atoms with Crippen molar-refractivity contribution in [2.75, 3.05) is 37.6 Å². The molecule has 1 N–H and O–H groups in total. The van der Waals surface area contributed by atoms with Gasteiger partial charge in [-0.05, 0) is 49.1 Å². The average molecular weight is 491 g/mol. The molecule has 0 unspecified atom stereocenters. The molecule has 8 nitrogen and oxygen atoms in total. The Labute approximate surface area is 213 Å². The molecule has 1 fully saturated rings. The van der Waals surface area contributed by atoms with E-state index in [1.807, 2.05) is 6.92 Å².